The van der Waals surface area contributed by atoms with Gasteiger partial charge in [0.2, 0.25) is 11.2 Å². The number of esters is 1. The number of benzene rings is 3. The highest BCUT2D eigenvalue weighted by atomic mass is 19.4. The molecule has 4 aromatic rings. The molecule has 0 saturated heterocycles. The van der Waals surface area contributed by atoms with Crippen molar-refractivity contribution >= 4 is 16.9 Å². The predicted octanol–water partition coefficient (Wildman–Crippen LogP) is 6.76. The Morgan fingerprint density at radius 1 is 0.861 bits per heavy atom. The molecule has 1 aromatic heterocycles. The molecule has 0 amide bonds. The Morgan fingerprint density at radius 3 is 2.03 bits per heavy atom. The zero-order chi connectivity index (χ0) is 26.2. The molecular formula is C27H21F3O6. The second kappa shape index (κ2) is 9.41. The Hall–Kier alpha value is -4.27. The fourth-order valence-electron chi connectivity index (χ4n) is 3.92. The third-order valence-corrected chi connectivity index (χ3v) is 5.45. The third kappa shape index (κ3) is 4.91. The first-order valence-corrected chi connectivity index (χ1v) is 10.8. The molecule has 186 valence electrons. The molecule has 0 N–H and O–H groups in total. The Morgan fingerprint density at radius 2 is 1.44 bits per heavy atom. The number of carbonyl (C=O) groups excluding carboxylic acids is 1. The van der Waals surface area contributed by atoms with Crippen LogP contribution in [0.2, 0.25) is 0 Å². The summed E-state index contributed by atoms with van der Waals surface area (Å²) >= 11 is 0. The van der Waals surface area contributed by atoms with E-state index in [2.05, 4.69) is 0 Å². The van der Waals surface area contributed by atoms with Gasteiger partial charge in [-0.1, -0.05) is 17.7 Å². The van der Waals surface area contributed by atoms with Gasteiger partial charge in [0.1, 0.15) is 22.8 Å². The molecule has 0 fully saturated rings. The number of halogens is 3. The molecule has 3 aromatic carbocycles. The van der Waals surface area contributed by atoms with Crippen LogP contribution >= 0.6 is 0 Å². The van der Waals surface area contributed by atoms with E-state index < -0.39 is 34.7 Å². The summed E-state index contributed by atoms with van der Waals surface area (Å²) in [5.74, 6) is -2.92. The van der Waals surface area contributed by atoms with Crippen LogP contribution in [0.1, 0.15) is 32.8 Å². The van der Waals surface area contributed by atoms with Gasteiger partial charge in [0, 0.05) is 6.07 Å². The molecule has 0 bridgehead atoms. The number of hydrogen-bond acceptors (Lipinski definition) is 6. The lowest BCUT2D eigenvalue weighted by atomic mass is 10.00. The van der Waals surface area contributed by atoms with Crippen molar-refractivity contribution in [1.82, 2.24) is 0 Å². The van der Waals surface area contributed by atoms with Gasteiger partial charge in [0.25, 0.3) is 5.76 Å². The average Bonchev–Trinajstić information content (AvgIpc) is 2.79. The Balaban J connectivity index is 1.74. The van der Waals surface area contributed by atoms with E-state index in [0.717, 1.165) is 11.6 Å². The van der Waals surface area contributed by atoms with Gasteiger partial charge in [0.05, 0.1) is 18.1 Å². The highest BCUT2D eigenvalue weighted by molar-refractivity contribution is 5.94. The lowest BCUT2D eigenvalue weighted by Gasteiger charge is -2.14. The highest BCUT2D eigenvalue weighted by Crippen LogP contribution is 2.39. The van der Waals surface area contributed by atoms with E-state index in [1.807, 2.05) is 19.1 Å². The van der Waals surface area contributed by atoms with Crippen LogP contribution in [0.5, 0.6) is 23.0 Å². The second-order valence-corrected chi connectivity index (χ2v) is 8.19. The van der Waals surface area contributed by atoms with E-state index in [1.54, 1.807) is 13.8 Å². The Bertz CT molecular complexity index is 1500. The maximum Gasteiger partial charge on any atom is 0.453 e. The predicted molar refractivity (Wildman–Crippen MR) is 126 cm³/mol. The lowest BCUT2D eigenvalue weighted by Crippen LogP contribution is -2.16. The topological polar surface area (TPSA) is 75.0 Å². The van der Waals surface area contributed by atoms with E-state index in [-0.39, 0.29) is 16.9 Å². The average molecular weight is 498 g/mol. The number of aryl methyl sites for hydroxylation is 3. The number of hydrogen-bond donors (Lipinski definition) is 0. The molecule has 0 radical (unpaired) electrons. The molecule has 6 nitrogen and oxygen atoms in total. The minimum Gasteiger partial charge on any atom is -0.497 e. The van der Waals surface area contributed by atoms with E-state index in [1.165, 1.54) is 43.5 Å². The minimum absolute atomic E-state index is 0.0117. The normalized spacial score (nSPS) is 11.4. The number of carbonyl (C=O) groups is 1. The van der Waals surface area contributed by atoms with Crippen molar-refractivity contribution in [2.24, 2.45) is 0 Å². The van der Waals surface area contributed by atoms with Crippen LogP contribution in [0.3, 0.4) is 0 Å². The quantitative estimate of drug-likeness (QED) is 0.224. The number of fused-ring (bicyclic) bond motifs is 1. The van der Waals surface area contributed by atoms with Crippen molar-refractivity contribution in [3.63, 3.8) is 0 Å². The van der Waals surface area contributed by atoms with Gasteiger partial charge in [-0.05, 0) is 68.3 Å². The van der Waals surface area contributed by atoms with Gasteiger partial charge in [-0.2, -0.15) is 13.2 Å². The molecule has 36 heavy (non-hydrogen) atoms. The van der Waals surface area contributed by atoms with Crippen LogP contribution in [-0.2, 0) is 6.18 Å². The summed E-state index contributed by atoms with van der Waals surface area (Å²) in [5.41, 5.74) is 1.29. The maximum atomic E-state index is 13.8. The maximum absolute atomic E-state index is 13.8. The first-order valence-electron chi connectivity index (χ1n) is 10.8. The highest BCUT2D eigenvalue weighted by Gasteiger charge is 2.40. The van der Waals surface area contributed by atoms with E-state index in [0.29, 0.717) is 22.4 Å². The molecule has 0 spiro atoms. The standard InChI is InChI=1S/C27H21F3O6/c1-14-11-15(2)22(16(3)12-14)26(32)35-19-9-10-20-21(13-19)36-25(27(28,29)30)24(23(20)31)34-18-7-5-17(33-4)6-8-18/h5-13H,1-4H3. The zero-order valence-corrected chi connectivity index (χ0v) is 19.8. The van der Waals surface area contributed by atoms with Gasteiger partial charge < -0.3 is 18.6 Å². The molecule has 0 aliphatic rings. The fourth-order valence-corrected chi connectivity index (χ4v) is 3.92. The van der Waals surface area contributed by atoms with Crippen LogP contribution in [-0.4, -0.2) is 13.1 Å². The van der Waals surface area contributed by atoms with Crippen LogP contribution < -0.4 is 19.6 Å². The summed E-state index contributed by atoms with van der Waals surface area (Å²) in [5, 5.41) is -0.172. The Kier molecular flexibility index (Phi) is 6.49. The van der Waals surface area contributed by atoms with Gasteiger partial charge in [-0.25, -0.2) is 4.79 Å². The molecule has 9 heteroatoms. The Labute approximate surface area is 203 Å². The van der Waals surface area contributed by atoms with Crippen molar-refractivity contribution in [2.75, 3.05) is 7.11 Å². The summed E-state index contributed by atoms with van der Waals surface area (Å²) in [6.45, 7) is 5.41. The molecule has 0 unspecified atom stereocenters. The SMILES string of the molecule is COc1ccc(Oc2c(C(F)(F)F)oc3cc(OC(=O)c4c(C)cc(C)cc4C)ccc3c2=O)cc1. The van der Waals surface area contributed by atoms with Crippen LogP contribution in [0.25, 0.3) is 11.0 Å². The van der Waals surface area contributed by atoms with Gasteiger partial charge in [0.15, 0.2) is 0 Å². The number of ether oxygens (including phenoxy) is 3. The van der Waals surface area contributed by atoms with Gasteiger partial charge in [-0.15, -0.1) is 0 Å². The summed E-state index contributed by atoms with van der Waals surface area (Å²) in [7, 11) is 1.43. The van der Waals surface area contributed by atoms with E-state index in [4.69, 9.17) is 18.6 Å². The first-order chi connectivity index (χ1) is 17.0. The monoisotopic (exact) mass is 498 g/mol. The van der Waals surface area contributed by atoms with Gasteiger partial charge >= 0.3 is 12.1 Å². The molecule has 0 aliphatic carbocycles. The van der Waals surface area contributed by atoms with Crippen molar-refractivity contribution in [2.45, 2.75) is 26.9 Å². The van der Waals surface area contributed by atoms with Crippen LogP contribution in [0, 0.1) is 20.8 Å². The van der Waals surface area contributed by atoms with Crippen LogP contribution in [0.4, 0.5) is 13.2 Å². The minimum atomic E-state index is -5.03. The smallest absolute Gasteiger partial charge is 0.453 e. The number of methoxy groups -OCH3 is 1. The van der Waals surface area contributed by atoms with E-state index >= 15 is 0 Å². The molecule has 0 saturated carbocycles. The summed E-state index contributed by atoms with van der Waals surface area (Å²) in [6.07, 6.45) is -5.03. The first kappa shape index (κ1) is 24.8. The van der Waals surface area contributed by atoms with Crippen molar-refractivity contribution in [1.29, 1.82) is 0 Å². The van der Waals surface area contributed by atoms with Gasteiger partial charge in [-0.3, -0.25) is 4.79 Å². The third-order valence-electron chi connectivity index (χ3n) is 5.45. The molecule has 0 atom stereocenters. The van der Waals surface area contributed by atoms with Crippen molar-refractivity contribution in [3.8, 4) is 23.0 Å². The number of rotatable bonds is 5. The molecule has 0 aliphatic heterocycles. The molecule has 4 rings (SSSR count). The molecule has 1 heterocycles. The van der Waals surface area contributed by atoms with Crippen molar-refractivity contribution < 1.29 is 36.6 Å². The van der Waals surface area contributed by atoms with E-state index in [9.17, 15) is 22.8 Å². The molecular weight excluding hydrogens is 477 g/mol. The van der Waals surface area contributed by atoms with Crippen LogP contribution in [0.15, 0.2) is 63.8 Å². The summed E-state index contributed by atoms with van der Waals surface area (Å²) in [6, 6.07) is 12.9. The number of alkyl halides is 3. The largest absolute Gasteiger partial charge is 0.497 e. The second-order valence-electron chi connectivity index (χ2n) is 8.19. The summed E-state index contributed by atoms with van der Waals surface area (Å²) in [4.78, 5) is 25.8. The lowest BCUT2D eigenvalue weighted by molar-refractivity contribution is -0.154. The zero-order valence-electron chi connectivity index (χ0n) is 19.8. The summed E-state index contributed by atoms with van der Waals surface area (Å²) < 4.78 is 62.2. The fraction of sp³-hybridized carbons (Fsp3) is 0.185. The van der Waals surface area contributed by atoms with Crippen molar-refractivity contribution in [3.05, 3.63) is 92.8 Å².